The number of hydrogen-bond acceptors (Lipinski definition) is 9. The molecule has 0 aliphatic rings. The van der Waals surface area contributed by atoms with E-state index in [1.54, 1.807) is 72.8 Å². The number of anilines is 2. The fraction of sp³-hybridized carbons (Fsp3) is 0.111. The molecule has 13 heteroatoms. The van der Waals surface area contributed by atoms with E-state index >= 15 is 0 Å². The van der Waals surface area contributed by atoms with E-state index in [0.717, 1.165) is 16.2 Å². The van der Waals surface area contributed by atoms with Crippen molar-refractivity contribution in [3.8, 4) is 28.5 Å². The standard InChI is InChI=1S/C36H31ClN4O6S2/c1-45-30-19-32(47-3)31(46-2)17-24(30)16-28(39-34(43)23-8-5-4-6-9-23)35(44)38-26-10-7-11-27(18-26)48-21-33(42)41-36-40-29(20-49-36)22-12-14-25(37)15-13-22/h4-20H,21H2,1-3H3,(H,38,44)(H,39,43)(H,40,41,42)/b28-16+. The molecule has 49 heavy (non-hydrogen) atoms. The number of thioether (sulfide) groups is 1. The van der Waals surface area contributed by atoms with Crippen molar-refractivity contribution in [3.63, 3.8) is 0 Å². The summed E-state index contributed by atoms with van der Waals surface area (Å²) in [6.45, 7) is 0. The number of aromatic nitrogens is 1. The first kappa shape index (κ1) is 35.0. The van der Waals surface area contributed by atoms with Gasteiger partial charge in [-0.3, -0.25) is 14.4 Å². The molecule has 5 aromatic rings. The molecule has 3 N–H and O–H groups in total. The lowest BCUT2D eigenvalue weighted by atomic mass is 10.1. The SMILES string of the molecule is COc1cc(OC)c(OC)cc1/C=C(/NC(=O)c1ccccc1)C(=O)Nc1cccc(SCC(=O)Nc2nc(-c3ccc(Cl)cc3)cs2)c1. The maximum atomic E-state index is 13.7. The van der Waals surface area contributed by atoms with Crippen molar-refractivity contribution in [1.82, 2.24) is 10.3 Å². The number of carbonyl (C=O) groups excluding carboxylic acids is 3. The molecule has 0 fully saturated rings. The molecule has 3 amide bonds. The molecule has 0 spiro atoms. The quantitative estimate of drug-likeness (QED) is 0.0840. The average Bonchev–Trinajstić information content (AvgIpc) is 3.59. The summed E-state index contributed by atoms with van der Waals surface area (Å²) in [5, 5.41) is 11.4. The highest BCUT2D eigenvalue weighted by molar-refractivity contribution is 8.00. The summed E-state index contributed by atoms with van der Waals surface area (Å²) in [6, 6.07) is 26.2. The summed E-state index contributed by atoms with van der Waals surface area (Å²) in [5.74, 6) is 0.0766. The number of nitrogens with one attached hydrogen (secondary N) is 3. The van der Waals surface area contributed by atoms with Crippen LogP contribution in [-0.2, 0) is 9.59 Å². The van der Waals surface area contributed by atoms with Crippen molar-refractivity contribution in [2.24, 2.45) is 0 Å². The number of benzene rings is 4. The van der Waals surface area contributed by atoms with Crippen LogP contribution in [-0.4, -0.2) is 49.8 Å². The van der Waals surface area contributed by atoms with E-state index in [2.05, 4.69) is 20.9 Å². The normalized spacial score (nSPS) is 11.0. The smallest absolute Gasteiger partial charge is 0.272 e. The van der Waals surface area contributed by atoms with E-state index in [0.29, 0.717) is 44.2 Å². The van der Waals surface area contributed by atoms with Crippen LogP contribution in [0, 0.1) is 0 Å². The number of methoxy groups -OCH3 is 3. The van der Waals surface area contributed by atoms with Crippen molar-refractivity contribution in [1.29, 1.82) is 0 Å². The summed E-state index contributed by atoms with van der Waals surface area (Å²) >= 11 is 8.60. The lowest BCUT2D eigenvalue weighted by Gasteiger charge is -2.15. The second-order valence-electron chi connectivity index (χ2n) is 10.2. The Kier molecular flexibility index (Phi) is 11.9. The monoisotopic (exact) mass is 714 g/mol. The Hall–Kier alpha value is -5.30. The molecule has 250 valence electrons. The van der Waals surface area contributed by atoms with Crippen LogP contribution in [0.15, 0.2) is 107 Å². The van der Waals surface area contributed by atoms with E-state index < -0.39 is 11.8 Å². The maximum absolute atomic E-state index is 13.7. The molecular formula is C36H31ClN4O6S2. The van der Waals surface area contributed by atoms with Crippen LogP contribution in [0.2, 0.25) is 5.02 Å². The fourth-order valence-electron chi connectivity index (χ4n) is 4.51. The second-order valence-corrected chi connectivity index (χ2v) is 12.5. The van der Waals surface area contributed by atoms with Crippen molar-refractivity contribution in [3.05, 3.63) is 118 Å². The van der Waals surface area contributed by atoms with E-state index in [9.17, 15) is 14.4 Å². The van der Waals surface area contributed by atoms with Gasteiger partial charge in [-0.1, -0.05) is 48.0 Å². The molecule has 0 unspecified atom stereocenters. The average molecular weight is 715 g/mol. The minimum Gasteiger partial charge on any atom is -0.496 e. The lowest BCUT2D eigenvalue weighted by molar-refractivity contribution is -0.114. The third-order valence-corrected chi connectivity index (χ3v) is 8.92. The molecule has 0 bridgehead atoms. The highest BCUT2D eigenvalue weighted by atomic mass is 35.5. The van der Waals surface area contributed by atoms with E-state index in [1.807, 2.05) is 23.6 Å². The number of thiazole rings is 1. The van der Waals surface area contributed by atoms with Gasteiger partial charge in [-0.15, -0.1) is 23.1 Å². The molecule has 5 rings (SSSR count). The molecule has 0 radical (unpaired) electrons. The molecule has 0 aliphatic carbocycles. The van der Waals surface area contributed by atoms with Crippen LogP contribution in [0.3, 0.4) is 0 Å². The number of rotatable bonds is 13. The summed E-state index contributed by atoms with van der Waals surface area (Å²) in [7, 11) is 4.49. The third kappa shape index (κ3) is 9.41. The highest BCUT2D eigenvalue weighted by Crippen LogP contribution is 2.36. The van der Waals surface area contributed by atoms with Crippen LogP contribution < -0.4 is 30.2 Å². The van der Waals surface area contributed by atoms with Crippen LogP contribution >= 0.6 is 34.7 Å². The largest absolute Gasteiger partial charge is 0.496 e. The van der Waals surface area contributed by atoms with Gasteiger partial charge in [-0.05, 0) is 54.6 Å². The van der Waals surface area contributed by atoms with Gasteiger partial charge >= 0.3 is 0 Å². The van der Waals surface area contributed by atoms with Gasteiger partial charge in [0.15, 0.2) is 16.6 Å². The Bertz CT molecular complexity index is 1980. The number of nitrogens with zero attached hydrogens (tertiary/aromatic N) is 1. The molecule has 0 atom stereocenters. The molecule has 1 heterocycles. The Morgan fingerprint density at radius 3 is 2.27 bits per heavy atom. The number of carbonyl (C=O) groups is 3. The number of halogens is 1. The number of hydrogen-bond donors (Lipinski definition) is 3. The summed E-state index contributed by atoms with van der Waals surface area (Å²) in [6.07, 6.45) is 1.50. The molecular weight excluding hydrogens is 684 g/mol. The molecule has 0 saturated heterocycles. The number of ether oxygens (including phenoxy) is 3. The predicted octanol–water partition coefficient (Wildman–Crippen LogP) is 7.63. The minimum atomic E-state index is -0.582. The van der Waals surface area contributed by atoms with Crippen molar-refractivity contribution in [2.45, 2.75) is 4.90 Å². The van der Waals surface area contributed by atoms with Gasteiger partial charge in [0.25, 0.3) is 11.8 Å². The summed E-state index contributed by atoms with van der Waals surface area (Å²) in [5.41, 5.74) is 2.90. The first-order valence-electron chi connectivity index (χ1n) is 14.7. The Morgan fingerprint density at radius 2 is 1.55 bits per heavy atom. The number of amides is 3. The molecule has 1 aromatic heterocycles. The highest BCUT2D eigenvalue weighted by Gasteiger charge is 2.18. The van der Waals surface area contributed by atoms with Gasteiger partial charge in [-0.2, -0.15) is 0 Å². The molecule has 0 saturated carbocycles. The topological polar surface area (TPSA) is 128 Å². The van der Waals surface area contributed by atoms with Gasteiger partial charge < -0.3 is 30.2 Å². The molecule has 4 aromatic carbocycles. The van der Waals surface area contributed by atoms with Gasteiger partial charge in [0.1, 0.15) is 11.4 Å². The summed E-state index contributed by atoms with van der Waals surface area (Å²) < 4.78 is 16.3. The van der Waals surface area contributed by atoms with Crippen molar-refractivity contribution < 1.29 is 28.6 Å². The Labute approximate surface area is 296 Å². The predicted molar refractivity (Wildman–Crippen MR) is 195 cm³/mol. The molecule has 10 nitrogen and oxygen atoms in total. The van der Waals surface area contributed by atoms with Crippen LogP contribution in [0.5, 0.6) is 17.2 Å². The third-order valence-electron chi connectivity index (χ3n) is 6.92. The van der Waals surface area contributed by atoms with Crippen molar-refractivity contribution in [2.75, 3.05) is 37.7 Å². The van der Waals surface area contributed by atoms with Gasteiger partial charge in [-0.25, -0.2) is 4.98 Å². The van der Waals surface area contributed by atoms with Gasteiger partial charge in [0, 0.05) is 43.7 Å². The van der Waals surface area contributed by atoms with Crippen LogP contribution in [0.1, 0.15) is 15.9 Å². The zero-order chi connectivity index (χ0) is 34.8. The van der Waals surface area contributed by atoms with Gasteiger partial charge in [0.2, 0.25) is 5.91 Å². The maximum Gasteiger partial charge on any atom is 0.272 e. The fourth-order valence-corrected chi connectivity index (χ4v) is 6.13. The van der Waals surface area contributed by atoms with Crippen LogP contribution in [0.4, 0.5) is 10.8 Å². The van der Waals surface area contributed by atoms with Crippen molar-refractivity contribution >= 4 is 69.3 Å². The van der Waals surface area contributed by atoms with Crippen LogP contribution in [0.25, 0.3) is 17.3 Å². The van der Waals surface area contributed by atoms with E-state index in [4.69, 9.17) is 25.8 Å². The first-order valence-corrected chi connectivity index (χ1v) is 16.9. The zero-order valence-electron chi connectivity index (χ0n) is 26.6. The minimum absolute atomic E-state index is 0.0433. The zero-order valence-corrected chi connectivity index (χ0v) is 29.0. The summed E-state index contributed by atoms with van der Waals surface area (Å²) in [4.78, 5) is 44.8. The first-order chi connectivity index (χ1) is 23.8. The van der Waals surface area contributed by atoms with E-state index in [1.165, 1.54) is 50.5 Å². The Morgan fingerprint density at radius 1 is 0.837 bits per heavy atom. The Balaban J connectivity index is 1.29. The lowest BCUT2D eigenvalue weighted by Crippen LogP contribution is -2.30. The second kappa shape index (κ2) is 16.7. The van der Waals surface area contributed by atoms with Gasteiger partial charge in [0.05, 0.1) is 32.8 Å². The van der Waals surface area contributed by atoms with E-state index in [-0.39, 0.29) is 17.4 Å². The molecule has 0 aliphatic heterocycles.